The van der Waals surface area contributed by atoms with E-state index >= 15 is 0 Å². The van der Waals surface area contributed by atoms with Gasteiger partial charge in [-0.05, 0) is 55.7 Å². The molecule has 96 valence electrons. The van der Waals surface area contributed by atoms with Crippen LogP contribution in [-0.4, -0.2) is 11.8 Å². The number of carbonyl (C=O) groups is 1. The molecule has 18 heavy (non-hydrogen) atoms. The van der Waals surface area contributed by atoms with Gasteiger partial charge in [-0.3, -0.25) is 4.79 Å². The molecule has 0 aromatic heterocycles. The van der Waals surface area contributed by atoms with Gasteiger partial charge in [0, 0.05) is 17.5 Å². The summed E-state index contributed by atoms with van der Waals surface area (Å²) in [5.41, 5.74) is 7.54. The molecule has 2 fully saturated rings. The summed E-state index contributed by atoms with van der Waals surface area (Å²) in [5.74, 6) is 0.523. The van der Waals surface area contributed by atoms with Crippen LogP contribution in [-0.2, 0) is 0 Å². The highest BCUT2D eigenvalue weighted by molar-refractivity contribution is 6.00. The van der Waals surface area contributed by atoms with Crippen LogP contribution in [0.1, 0.15) is 35.2 Å². The number of carbonyl (C=O) groups excluding carboxylic acids is 1. The highest BCUT2D eigenvalue weighted by Crippen LogP contribution is 2.48. The zero-order valence-electron chi connectivity index (χ0n) is 10.5. The molecule has 0 spiro atoms. The first-order chi connectivity index (χ1) is 8.58. The van der Waals surface area contributed by atoms with Crippen LogP contribution in [0.3, 0.4) is 0 Å². The average molecular weight is 247 g/mol. The summed E-state index contributed by atoms with van der Waals surface area (Å²) in [6, 6.07) is 4.39. The third kappa shape index (κ3) is 1.69. The van der Waals surface area contributed by atoms with Crippen LogP contribution in [0.5, 0.6) is 0 Å². The fraction of sp³-hybridized carbons (Fsp3) is 0.533. The molecule has 0 saturated heterocycles. The molecular weight excluding hydrogens is 229 g/mol. The lowest BCUT2D eigenvalue weighted by atomic mass is 9.79. The number of nitrogens with two attached hydrogens (primary N) is 1. The Morgan fingerprint density at radius 3 is 2.72 bits per heavy atom. The van der Waals surface area contributed by atoms with Crippen molar-refractivity contribution in [2.75, 3.05) is 0 Å². The molecule has 0 heterocycles. The molecule has 1 aromatic rings. The van der Waals surface area contributed by atoms with E-state index in [1.807, 2.05) is 6.92 Å². The molecule has 4 unspecified atom stereocenters. The fourth-order valence-electron chi connectivity index (χ4n) is 3.76. The number of halogens is 1. The second-order valence-corrected chi connectivity index (χ2v) is 5.76. The molecule has 2 aliphatic carbocycles. The number of benzene rings is 1. The van der Waals surface area contributed by atoms with Crippen LogP contribution in [0.25, 0.3) is 0 Å². The molecule has 1 aromatic carbocycles. The maximum atomic E-state index is 13.3. The van der Waals surface area contributed by atoms with E-state index in [0.717, 1.165) is 24.8 Å². The highest BCUT2D eigenvalue weighted by Gasteiger charge is 2.49. The van der Waals surface area contributed by atoms with E-state index in [4.69, 9.17) is 5.73 Å². The van der Waals surface area contributed by atoms with Gasteiger partial charge in [0.25, 0.3) is 0 Å². The van der Waals surface area contributed by atoms with Gasteiger partial charge < -0.3 is 5.73 Å². The van der Waals surface area contributed by atoms with Crippen LogP contribution in [0, 0.1) is 30.5 Å². The summed E-state index contributed by atoms with van der Waals surface area (Å²) >= 11 is 0. The summed E-state index contributed by atoms with van der Waals surface area (Å²) < 4.78 is 13.3. The van der Waals surface area contributed by atoms with Gasteiger partial charge in [-0.1, -0.05) is 6.07 Å². The number of Topliss-reactive ketones (excluding diaryl/α,β-unsaturated/α-hetero) is 1. The smallest absolute Gasteiger partial charge is 0.168 e. The van der Waals surface area contributed by atoms with Gasteiger partial charge in [-0.15, -0.1) is 0 Å². The molecule has 3 heteroatoms. The van der Waals surface area contributed by atoms with Gasteiger partial charge in [0.2, 0.25) is 0 Å². The van der Waals surface area contributed by atoms with E-state index in [-0.39, 0.29) is 23.6 Å². The third-order valence-electron chi connectivity index (χ3n) is 4.75. The van der Waals surface area contributed by atoms with Crippen LogP contribution in [0.4, 0.5) is 4.39 Å². The molecule has 3 rings (SSSR count). The molecule has 0 radical (unpaired) electrons. The van der Waals surface area contributed by atoms with Gasteiger partial charge in [-0.2, -0.15) is 0 Å². The standard InChI is InChI=1S/C15H18FNO/c1-8-2-5-11(16)7-12(8)15(18)13-9-3-4-10(6-9)14(13)17/h2,5,7,9-10,13-14H,3-4,6,17H2,1H3. The lowest BCUT2D eigenvalue weighted by Crippen LogP contribution is -2.40. The number of ketones is 1. The normalized spacial score (nSPS) is 33.9. The van der Waals surface area contributed by atoms with Crippen LogP contribution >= 0.6 is 0 Å². The van der Waals surface area contributed by atoms with Gasteiger partial charge >= 0.3 is 0 Å². The lowest BCUT2D eigenvalue weighted by molar-refractivity contribution is 0.0855. The van der Waals surface area contributed by atoms with E-state index in [2.05, 4.69) is 0 Å². The van der Waals surface area contributed by atoms with Gasteiger partial charge in [0.05, 0.1) is 0 Å². The SMILES string of the molecule is Cc1ccc(F)cc1C(=O)C1C2CCC(C2)C1N. The predicted molar refractivity (Wildman–Crippen MR) is 67.8 cm³/mol. The van der Waals surface area contributed by atoms with Crippen molar-refractivity contribution in [1.29, 1.82) is 0 Å². The first kappa shape index (κ1) is 11.8. The quantitative estimate of drug-likeness (QED) is 0.816. The van der Waals surface area contributed by atoms with Crippen molar-refractivity contribution < 1.29 is 9.18 Å². The number of aryl methyl sites for hydroxylation is 1. The minimum absolute atomic E-state index is 0.0288. The Kier molecular flexibility index (Phi) is 2.74. The maximum Gasteiger partial charge on any atom is 0.168 e. The van der Waals surface area contributed by atoms with Crippen molar-refractivity contribution in [3.8, 4) is 0 Å². The molecule has 2 bridgehead atoms. The molecule has 4 atom stereocenters. The Balaban J connectivity index is 1.93. The number of hydrogen-bond acceptors (Lipinski definition) is 2. The topological polar surface area (TPSA) is 43.1 Å². The highest BCUT2D eigenvalue weighted by atomic mass is 19.1. The largest absolute Gasteiger partial charge is 0.327 e. The monoisotopic (exact) mass is 247 g/mol. The Morgan fingerprint density at radius 1 is 1.33 bits per heavy atom. The molecule has 2 saturated carbocycles. The average Bonchev–Trinajstić information content (AvgIpc) is 2.92. The summed E-state index contributed by atoms with van der Waals surface area (Å²) in [6.45, 7) is 1.85. The van der Waals surface area contributed by atoms with E-state index in [0.29, 0.717) is 17.4 Å². The van der Waals surface area contributed by atoms with Gasteiger partial charge in [0.15, 0.2) is 5.78 Å². The van der Waals surface area contributed by atoms with E-state index in [9.17, 15) is 9.18 Å². The maximum absolute atomic E-state index is 13.3. The summed E-state index contributed by atoms with van der Waals surface area (Å²) in [5, 5.41) is 0. The Labute approximate surface area is 106 Å². The molecule has 2 N–H and O–H groups in total. The summed E-state index contributed by atoms with van der Waals surface area (Å²) in [6.07, 6.45) is 3.33. The Bertz CT molecular complexity index is 497. The first-order valence-electron chi connectivity index (χ1n) is 6.64. The van der Waals surface area contributed by atoms with Crippen molar-refractivity contribution in [1.82, 2.24) is 0 Å². The minimum atomic E-state index is -0.347. The predicted octanol–water partition coefficient (Wildman–Crippen LogP) is 2.69. The number of hydrogen-bond donors (Lipinski definition) is 1. The zero-order valence-corrected chi connectivity index (χ0v) is 10.5. The van der Waals surface area contributed by atoms with Gasteiger partial charge in [0.1, 0.15) is 5.82 Å². The number of fused-ring (bicyclic) bond motifs is 2. The second kappa shape index (κ2) is 4.16. The Morgan fingerprint density at radius 2 is 2.06 bits per heavy atom. The Hall–Kier alpha value is -1.22. The van der Waals surface area contributed by atoms with Crippen molar-refractivity contribution in [3.05, 3.63) is 35.1 Å². The zero-order chi connectivity index (χ0) is 12.9. The molecule has 2 nitrogen and oxygen atoms in total. The van der Waals surface area contributed by atoms with Crippen molar-refractivity contribution in [2.45, 2.75) is 32.2 Å². The minimum Gasteiger partial charge on any atom is -0.327 e. The fourth-order valence-corrected chi connectivity index (χ4v) is 3.76. The lowest BCUT2D eigenvalue weighted by Gasteiger charge is -2.27. The molecule has 2 aliphatic rings. The third-order valence-corrected chi connectivity index (χ3v) is 4.75. The van der Waals surface area contributed by atoms with E-state index < -0.39 is 0 Å². The van der Waals surface area contributed by atoms with E-state index in [1.54, 1.807) is 6.07 Å². The summed E-state index contributed by atoms with van der Waals surface area (Å²) in [4.78, 5) is 12.6. The number of rotatable bonds is 2. The first-order valence-corrected chi connectivity index (χ1v) is 6.64. The van der Waals surface area contributed by atoms with Crippen LogP contribution in [0.15, 0.2) is 18.2 Å². The van der Waals surface area contributed by atoms with Crippen molar-refractivity contribution in [2.24, 2.45) is 23.5 Å². The van der Waals surface area contributed by atoms with Crippen molar-refractivity contribution >= 4 is 5.78 Å². The van der Waals surface area contributed by atoms with Gasteiger partial charge in [-0.25, -0.2) is 4.39 Å². The van der Waals surface area contributed by atoms with Crippen LogP contribution < -0.4 is 5.73 Å². The summed E-state index contributed by atoms with van der Waals surface area (Å²) in [7, 11) is 0. The second-order valence-electron chi connectivity index (χ2n) is 5.76. The molecular formula is C15H18FNO. The molecule has 0 amide bonds. The van der Waals surface area contributed by atoms with E-state index in [1.165, 1.54) is 12.1 Å². The molecule has 0 aliphatic heterocycles. The van der Waals surface area contributed by atoms with Crippen molar-refractivity contribution in [3.63, 3.8) is 0 Å². The van der Waals surface area contributed by atoms with Crippen LogP contribution in [0.2, 0.25) is 0 Å².